The normalized spacial score (nSPS) is 23.6. The maximum absolute atomic E-state index is 12.2. The van der Waals surface area contributed by atoms with Crippen LogP contribution in [0, 0.1) is 5.92 Å². The van der Waals surface area contributed by atoms with E-state index in [-0.39, 0.29) is 29.8 Å². The molecule has 3 rings (SSSR count). The fraction of sp³-hybridized carbons (Fsp3) is 0.647. The Balaban J connectivity index is 1.55. The van der Waals surface area contributed by atoms with E-state index < -0.39 is 9.84 Å². The van der Waals surface area contributed by atoms with Gasteiger partial charge in [-0.2, -0.15) is 0 Å². The smallest absolute Gasteiger partial charge is 0.220 e. The van der Waals surface area contributed by atoms with E-state index in [1.165, 1.54) is 0 Å². The van der Waals surface area contributed by atoms with Gasteiger partial charge in [0, 0.05) is 50.9 Å². The molecule has 7 nitrogen and oxygen atoms in total. The summed E-state index contributed by atoms with van der Waals surface area (Å²) in [5.74, 6) is 1.15. The number of hydrogen-bond donors (Lipinski definition) is 1. The van der Waals surface area contributed by atoms with Crippen LogP contribution >= 0.6 is 0 Å². The highest BCUT2D eigenvalue weighted by Crippen LogP contribution is 2.22. The molecule has 3 heterocycles. The van der Waals surface area contributed by atoms with Crippen LogP contribution in [0.25, 0.3) is 0 Å². The van der Waals surface area contributed by atoms with Gasteiger partial charge in [-0.25, -0.2) is 13.4 Å². The van der Waals surface area contributed by atoms with E-state index in [0.29, 0.717) is 13.0 Å². The minimum absolute atomic E-state index is 0.0454. The molecular weight excluding hydrogens is 340 g/mol. The number of rotatable bonds is 5. The van der Waals surface area contributed by atoms with Crippen molar-refractivity contribution in [2.24, 2.45) is 5.92 Å². The molecule has 1 amide bonds. The number of carbonyl (C=O) groups excluding carboxylic acids is 1. The predicted octanol–water partition coefficient (Wildman–Crippen LogP) is 0.274. The van der Waals surface area contributed by atoms with Gasteiger partial charge < -0.3 is 15.1 Å². The molecule has 0 aromatic carbocycles. The van der Waals surface area contributed by atoms with Crippen molar-refractivity contribution in [3.8, 4) is 0 Å². The number of piperazine rings is 1. The van der Waals surface area contributed by atoms with E-state index in [0.717, 1.165) is 37.6 Å². The lowest BCUT2D eigenvalue weighted by Crippen LogP contribution is -2.45. The monoisotopic (exact) mass is 366 g/mol. The molecule has 8 heteroatoms. The summed E-state index contributed by atoms with van der Waals surface area (Å²) >= 11 is 0. The number of carbonyl (C=O) groups is 1. The molecule has 1 aromatic rings. The Labute approximate surface area is 149 Å². The molecule has 0 saturated carbocycles. The number of likely N-dealkylation sites (N-methyl/N-ethyl adjacent to an activating group) is 1. The number of hydrogen-bond acceptors (Lipinski definition) is 6. The van der Waals surface area contributed by atoms with E-state index in [1.54, 1.807) is 6.20 Å². The number of anilines is 1. The first-order chi connectivity index (χ1) is 11.9. The molecule has 2 aliphatic rings. The zero-order valence-corrected chi connectivity index (χ0v) is 15.5. The van der Waals surface area contributed by atoms with Crippen molar-refractivity contribution < 1.29 is 13.2 Å². The van der Waals surface area contributed by atoms with Crippen LogP contribution in [0.5, 0.6) is 0 Å². The van der Waals surface area contributed by atoms with Gasteiger partial charge in [0.05, 0.1) is 11.5 Å². The number of pyridine rings is 1. The summed E-state index contributed by atoms with van der Waals surface area (Å²) < 4.78 is 23.0. The first-order valence-electron chi connectivity index (χ1n) is 8.77. The van der Waals surface area contributed by atoms with E-state index in [1.807, 2.05) is 12.1 Å². The molecule has 138 valence electrons. The average molecular weight is 366 g/mol. The zero-order valence-electron chi connectivity index (χ0n) is 14.6. The third kappa shape index (κ3) is 4.92. The van der Waals surface area contributed by atoms with Crippen LogP contribution in [-0.2, 0) is 21.2 Å². The van der Waals surface area contributed by atoms with Crippen molar-refractivity contribution in [2.45, 2.75) is 19.4 Å². The summed E-state index contributed by atoms with van der Waals surface area (Å²) in [5, 5.41) is 2.93. The molecule has 1 aromatic heterocycles. The Kier molecular flexibility index (Phi) is 5.58. The first-order valence-corrected chi connectivity index (χ1v) is 10.6. The SMILES string of the molecule is CN1CCN(c2ncccc2CNC(=O)C[C@H]2CCS(=O)(=O)C2)CC1. The lowest BCUT2D eigenvalue weighted by Gasteiger charge is -2.34. The lowest BCUT2D eigenvalue weighted by molar-refractivity contribution is -0.122. The molecule has 2 fully saturated rings. The third-order valence-corrected chi connectivity index (χ3v) is 6.78. The van der Waals surface area contributed by atoms with Gasteiger partial charge in [0.15, 0.2) is 9.84 Å². The standard InChI is InChI=1S/C17H26N4O3S/c1-20-6-8-21(9-7-20)17-15(3-2-5-18-17)12-19-16(22)11-14-4-10-25(23,24)13-14/h2-3,5,14H,4,6-13H2,1H3,(H,19,22)/t14-/m1/s1. The molecule has 0 bridgehead atoms. The summed E-state index contributed by atoms with van der Waals surface area (Å²) in [6, 6.07) is 3.87. The van der Waals surface area contributed by atoms with Crippen molar-refractivity contribution >= 4 is 21.6 Å². The molecular formula is C17H26N4O3S. The van der Waals surface area contributed by atoms with Crippen LogP contribution in [0.3, 0.4) is 0 Å². The summed E-state index contributed by atoms with van der Waals surface area (Å²) in [7, 11) is -0.823. The molecule has 0 unspecified atom stereocenters. The molecule has 25 heavy (non-hydrogen) atoms. The minimum atomic E-state index is -2.93. The van der Waals surface area contributed by atoms with Gasteiger partial charge in [0.25, 0.3) is 0 Å². The van der Waals surface area contributed by atoms with Crippen LogP contribution in [0.4, 0.5) is 5.82 Å². The van der Waals surface area contributed by atoms with Gasteiger partial charge in [-0.3, -0.25) is 4.79 Å². The van der Waals surface area contributed by atoms with Crippen LogP contribution in [0.2, 0.25) is 0 Å². The number of nitrogens with zero attached hydrogens (tertiary/aromatic N) is 3. The molecule has 2 aliphatic heterocycles. The molecule has 0 aliphatic carbocycles. The molecule has 1 N–H and O–H groups in total. The average Bonchev–Trinajstić information content (AvgIpc) is 2.92. The van der Waals surface area contributed by atoms with Crippen LogP contribution < -0.4 is 10.2 Å². The van der Waals surface area contributed by atoms with E-state index in [9.17, 15) is 13.2 Å². The molecule has 0 spiro atoms. The first kappa shape index (κ1) is 18.1. The maximum atomic E-state index is 12.2. The summed E-state index contributed by atoms with van der Waals surface area (Å²) in [6.45, 7) is 4.27. The Bertz CT molecular complexity index is 714. The van der Waals surface area contributed by atoms with E-state index in [4.69, 9.17) is 0 Å². The van der Waals surface area contributed by atoms with Gasteiger partial charge >= 0.3 is 0 Å². The molecule has 2 saturated heterocycles. The second-order valence-electron chi connectivity index (χ2n) is 7.03. The number of aromatic nitrogens is 1. The van der Waals surface area contributed by atoms with Crippen LogP contribution in [0.1, 0.15) is 18.4 Å². The van der Waals surface area contributed by atoms with Crippen molar-refractivity contribution in [3.05, 3.63) is 23.9 Å². The predicted molar refractivity (Wildman–Crippen MR) is 97.2 cm³/mol. The van der Waals surface area contributed by atoms with Gasteiger partial charge in [-0.05, 0) is 25.5 Å². The Morgan fingerprint density at radius 3 is 2.76 bits per heavy atom. The zero-order chi connectivity index (χ0) is 17.9. The second-order valence-corrected chi connectivity index (χ2v) is 9.26. The maximum Gasteiger partial charge on any atom is 0.220 e. The summed E-state index contributed by atoms with van der Waals surface area (Å²) in [4.78, 5) is 21.2. The Morgan fingerprint density at radius 1 is 1.32 bits per heavy atom. The van der Waals surface area contributed by atoms with Gasteiger partial charge in [0.2, 0.25) is 5.91 Å². The van der Waals surface area contributed by atoms with Crippen molar-refractivity contribution in [3.63, 3.8) is 0 Å². The third-order valence-electron chi connectivity index (χ3n) is 4.95. The number of sulfone groups is 1. The highest BCUT2D eigenvalue weighted by Gasteiger charge is 2.29. The van der Waals surface area contributed by atoms with Crippen molar-refractivity contribution in [2.75, 3.05) is 49.6 Å². The fourth-order valence-electron chi connectivity index (χ4n) is 3.43. The fourth-order valence-corrected chi connectivity index (χ4v) is 5.29. The van der Waals surface area contributed by atoms with E-state index >= 15 is 0 Å². The van der Waals surface area contributed by atoms with Gasteiger partial charge in [0.1, 0.15) is 5.82 Å². The summed E-state index contributed by atoms with van der Waals surface area (Å²) in [6.07, 6.45) is 2.65. The van der Waals surface area contributed by atoms with E-state index in [2.05, 4.69) is 27.1 Å². The largest absolute Gasteiger partial charge is 0.354 e. The highest BCUT2D eigenvalue weighted by atomic mass is 32.2. The van der Waals surface area contributed by atoms with Gasteiger partial charge in [-0.15, -0.1) is 0 Å². The molecule has 0 radical (unpaired) electrons. The van der Waals surface area contributed by atoms with Crippen molar-refractivity contribution in [1.82, 2.24) is 15.2 Å². The minimum Gasteiger partial charge on any atom is -0.354 e. The van der Waals surface area contributed by atoms with Crippen LogP contribution in [-0.4, -0.2) is 68.9 Å². The summed E-state index contributed by atoms with van der Waals surface area (Å²) in [5.41, 5.74) is 0.999. The highest BCUT2D eigenvalue weighted by molar-refractivity contribution is 7.91. The Morgan fingerprint density at radius 2 is 2.08 bits per heavy atom. The van der Waals surface area contributed by atoms with Crippen LogP contribution in [0.15, 0.2) is 18.3 Å². The Hall–Kier alpha value is -1.67. The quantitative estimate of drug-likeness (QED) is 0.806. The second kappa shape index (κ2) is 7.70. The topological polar surface area (TPSA) is 82.6 Å². The van der Waals surface area contributed by atoms with Crippen molar-refractivity contribution in [1.29, 1.82) is 0 Å². The van der Waals surface area contributed by atoms with Gasteiger partial charge in [-0.1, -0.05) is 6.07 Å². The molecule has 1 atom stereocenters. The number of nitrogens with one attached hydrogen (secondary N) is 1. The lowest BCUT2D eigenvalue weighted by atomic mass is 10.0. The number of amides is 1.